The molecule has 1 N–H and O–H groups in total. The van der Waals surface area contributed by atoms with Gasteiger partial charge in [0.05, 0.1) is 0 Å². The molecule has 1 atom stereocenters. The molecule has 78 valence electrons. The van der Waals surface area contributed by atoms with E-state index in [1.165, 1.54) is 29.7 Å². The van der Waals surface area contributed by atoms with E-state index in [2.05, 4.69) is 4.98 Å². The SMILES string of the molecule is Cc1ccsc1C(O)c1ncccc1F. The van der Waals surface area contributed by atoms with Gasteiger partial charge in [0.25, 0.3) is 0 Å². The van der Waals surface area contributed by atoms with Crippen LogP contribution in [0.25, 0.3) is 0 Å². The number of hydrogen-bond acceptors (Lipinski definition) is 3. The van der Waals surface area contributed by atoms with Gasteiger partial charge < -0.3 is 5.11 Å². The zero-order chi connectivity index (χ0) is 10.8. The van der Waals surface area contributed by atoms with Crippen LogP contribution in [-0.2, 0) is 0 Å². The Morgan fingerprint density at radius 3 is 2.87 bits per heavy atom. The highest BCUT2D eigenvalue weighted by Crippen LogP contribution is 2.29. The number of rotatable bonds is 2. The van der Waals surface area contributed by atoms with Crippen molar-refractivity contribution in [3.8, 4) is 0 Å². The lowest BCUT2D eigenvalue weighted by molar-refractivity contribution is 0.212. The zero-order valence-corrected chi connectivity index (χ0v) is 8.96. The topological polar surface area (TPSA) is 33.1 Å². The Morgan fingerprint density at radius 2 is 2.27 bits per heavy atom. The predicted molar refractivity (Wildman–Crippen MR) is 57.3 cm³/mol. The molecule has 0 aliphatic carbocycles. The Bertz CT molecular complexity index is 469. The molecule has 2 rings (SSSR count). The number of thiophene rings is 1. The van der Waals surface area contributed by atoms with Crippen molar-refractivity contribution in [2.24, 2.45) is 0 Å². The standard InChI is InChI=1S/C11H10FNOS/c1-7-4-6-15-11(7)10(14)9-8(12)3-2-5-13-9/h2-6,10,14H,1H3. The van der Waals surface area contributed by atoms with Gasteiger partial charge in [0, 0.05) is 11.1 Å². The first kappa shape index (κ1) is 10.3. The van der Waals surface area contributed by atoms with E-state index >= 15 is 0 Å². The fraction of sp³-hybridized carbons (Fsp3) is 0.182. The molecule has 0 bridgehead atoms. The van der Waals surface area contributed by atoms with E-state index < -0.39 is 11.9 Å². The molecule has 0 radical (unpaired) electrons. The molecular weight excluding hydrogens is 213 g/mol. The third kappa shape index (κ3) is 1.91. The fourth-order valence-electron chi connectivity index (χ4n) is 1.39. The third-order valence-corrected chi connectivity index (χ3v) is 3.27. The minimum atomic E-state index is -0.966. The lowest BCUT2D eigenvalue weighted by Gasteiger charge is -2.09. The molecule has 2 aromatic heterocycles. The van der Waals surface area contributed by atoms with Crippen LogP contribution in [0.1, 0.15) is 22.2 Å². The number of aliphatic hydroxyl groups excluding tert-OH is 1. The van der Waals surface area contributed by atoms with Crippen LogP contribution in [0, 0.1) is 12.7 Å². The van der Waals surface area contributed by atoms with Crippen molar-refractivity contribution >= 4 is 11.3 Å². The van der Waals surface area contributed by atoms with Gasteiger partial charge in [-0.25, -0.2) is 4.39 Å². The summed E-state index contributed by atoms with van der Waals surface area (Å²) in [7, 11) is 0. The molecule has 4 heteroatoms. The van der Waals surface area contributed by atoms with Gasteiger partial charge in [-0.15, -0.1) is 11.3 Å². The minimum absolute atomic E-state index is 0.0862. The number of nitrogens with zero attached hydrogens (tertiary/aromatic N) is 1. The van der Waals surface area contributed by atoms with Gasteiger partial charge in [-0.1, -0.05) is 0 Å². The molecule has 2 aromatic rings. The van der Waals surface area contributed by atoms with Gasteiger partial charge in [0.15, 0.2) is 0 Å². The molecule has 0 fully saturated rings. The molecule has 15 heavy (non-hydrogen) atoms. The monoisotopic (exact) mass is 223 g/mol. The van der Waals surface area contributed by atoms with Crippen molar-refractivity contribution in [2.45, 2.75) is 13.0 Å². The van der Waals surface area contributed by atoms with Crippen molar-refractivity contribution in [1.82, 2.24) is 4.98 Å². The number of pyridine rings is 1. The van der Waals surface area contributed by atoms with Crippen molar-refractivity contribution in [1.29, 1.82) is 0 Å². The Hall–Kier alpha value is -1.26. The van der Waals surface area contributed by atoms with Crippen LogP contribution >= 0.6 is 11.3 Å². The third-order valence-electron chi connectivity index (χ3n) is 2.20. The summed E-state index contributed by atoms with van der Waals surface area (Å²) in [6.45, 7) is 1.88. The van der Waals surface area contributed by atoms with Crippen molar-refractivity contribution in [2.75, 3.05) is 0 Å². The molecule has 0 aliphatic heterocycles. The Labute approximate surface area is 91.0 Å². The van der Waals surface area contributed by atoms with E-state index in [0.717, 1.165) is 10.4 Å². The Morgan fingerprint density at radius 1 is 1.47 bits per heavy atom. The molecule has 0 saturated heterocycles. The molecule has 0 saturated carbocycles. The van der Waals surface area contributed by atoms with Gasteiger partial charge in [-0.2, -0.15) is 0 Å². The highest BCUT2D eigenvalue weighted by molar-refractivity contribution is 7.10. The van der Waals surface area contributed by atoms with Crippen LogP contribution in [0.3, 0.4) is 0 Å². The predicted octanol–water partition coefficient (Wildman–Crippen LogP) is 2.67. The van der Waals surface area contributed by atoms with E-state index in [-0.39, 0.29) is 5.69 Å². The first-order valence-corrected chi connectivity index (χ1v) is 5.40. The van der Waals surface area contributed by atoms with Crippen LogP contribution < -0.4 is 0 Å². The summed E-state index contributed by atoms with van der Waals surface area (Å²) in [5, 5.41) is 11.8. The van der Waals surface area contributed by atoms with Gasteiger partial charge >= 0.3 is 0 Å². The van der Waals surface area contributed by atoms with Gasteiger partial charge in [-0.3, -0.25) is 4.98 Å². The fourth-order valence-corrected chi connectivity index (χ4v) is 2.30. The molecule has 0 amide bonds. The molecular formula is C11H10FNOS. The summed E-state index contributed by atoms with van der Waals surface area (Å²) in [6, 6.07) is 4.70. The summed E-state index contributed by atoms with van der Waals surface area (Å²) < 4.78 is 13.3. The van der Waals surface area contributed by atoms with Crippen LogP contribution in [0.15, 0.2) is 29.8 Å². The number of aromatic nitrogens is 1. The van der Waals surface area contributed by atoms with Crippen LogP contribution in [0.5, 0.6) is 0 Å². The summed E-state index contributed by atoms with van der Waals surface area (Å²) in [5.74, 6) is -0.474. The maximum absolute atomic E-state index is 13.3. The van der Waals surface area contributed by atoms with E-state index in [0.29, 0.717) is 0 Å². The van der Waals surface area contributed by atoms with Crippen LogP contribution in [-0.4, -0.2) is 10.1 Å². The van der Waals surface area contributed by atoms with Crippen molar-refractivity contribution < 1.29 is 9.50 Å². The van der Waals surface area contributed by atoms with Crippen molar-refractivity contribution in [3.63, 3.8) is 0 Å². The van der Waals surface area contributed by atoms with E-state index in [4.69, 9.17) is 0 Å². The highest BCUT2D eigenvalue weighted by Gasteiger charge is 2.18. The molecule has 0 spiro atoms. The average Bonchev–Trinajstić information content (AvgIpc) is 2.64. The highest BCUT2D eigenvalue weighted by atomic mass is 32.1. The Kier molecular flexibility index (Phi) is 2.79. The lowest BCUT2D eigenvalue weighted by Crippen LogP contribution is -2.04. The quantitative estimate of drug-likeness (QED) is 0.849. The normalized spacial score (nSPS) is 12.7. The number of halogens is 1. The smallest absolute Gasteiger partial charge is 0.147 e. The summed E-state index contributed by atoms with van der Waals surface area (Å²) in [6.07, 6.45) is 0.510. The largest absolute Gasteiger partial charge is 0.381 e. The molecule has 2 nitrogen and oxygen atoms in total. The first-order chi connectivity index (χ1) is 7.20. The van der Waals surface area contributed by atoms with Gasteiger partial charge in [0.1, 0.15) is 17.6 Å². The number of aryl methyl sites for hydroxylation is 1. The molecule has 0 aromatic carbocycles. The summed E-state index contributed by atoms with van der Waals surface area (Å²) >= 11 is 1.40. The second-order valence-electron chi connectivity index (χ2n) is 3.24. The summed E-state index contributed by atoms with van der Waals surface area (Å²) in [4.78, 5) is 4.60. The molecule has 0 aliphatic rings. The zero-order valence-electron chi connectivity index (χ0n) is 8.14. The van der Waals surface area contributed by atoms with E-state index in [1.54, 1.807) is 0 Å². The van der Waals surface area contributed by atoms with Crippen molar-refractivity contribution in [3.05, 3.63) is 51.7 Å². The molecule has 2 heterocycles. The maximum atomic E-state index is 13.3. The first-order valence-electron chi connectivity index (χ1n) is 4.52. The lowest BCUT2D eigenvalue weighted by atomic mass is 10.1. The Balaban J connectivity index is 2.41. The van der Waals surface area contributed by atoms with Crippen LogP contribution in [0.2, 0.25) is 0 Å². The van der Waals surface area contributed by atoms with E-state index in [1.807, 2.05) is 18.4 Å². The van der Waals surface area contributed by atoms with Gasteiger partial charge in [-0.05, 0) is 36.1 Å². The summed E-state index contributed by atoms with van der Waals surface area (Å²) in [5.41, 5.74) is 1.04. The van der Waals surface area contributed by atoms with Gasteiger partial charge in [0.2, 0.25) is 0 Å². The second kappa shape index (κ2) is 4.08. The maximum Gasteiger partial charge on any atom is 0.147 e. The van der Waals surface area contributed by atoms with E-state index in [9.17, 15) is 9.50 Å². The molecule has 1 unspecified atom stereocenters. The number of hydrogen-bond donors (Lipinski definition) is 1. The van der Waals surface area contributed by atoms with Crippen LogP contribution in [0.4, 0.5) is 4.39 Å². The number of aliphatic hydroxyl groups is 1. The minimum Gasteiger partial charge on any atom is -0.381 e. The second-order valence-corrected chi connectivity index (χ2v) is 4.19. The average molecular weight is 223 g/mol.